The number of nitrogens with zero attached hydrogens (tertiary/aromatic N) is 2. The van der Waals surface area contributed by atoms with Gasteiger partial charge in [0.25, 0.3) is 5.91 Å². The number of carbonyl (C=O) groups is 2. The Morgan fingerprint density at radius 2 is 2.04 bits per heavy atom. The molecule has 2 atom stereocenters. The second-order valence-electron chi connectivity index (χ2n) is 7.35. The second-order valence-corrected chi connectivity index (χ2v) is 7.35. The highest BCUT2D eigenvalue weighted by Crippen LogP contribution is 2.43. The third kappa shape index (κ3) is 2.90. The summed E-state index contributed by atoms with van der Waals surface area (Å²) in [6.45, 7) is 3.24. The summed E-state index contributed by atoms with van der Waals surface area (Å²) in [5, 5.41) is 9.85. The van der Waals surface area contributed by atoms with E-state index >= 15 is 0 Å². The molecule has 6 heteroatoms. The summed E-state index contributed by atoms with van der Waals surface area (Å²) >= 11 is 0. The number of hydrogen-bond acceptors (Lipinski definition) is 4. The number of ether oxygens (including phenoxy) is 1. The average Bonchev–Trinajstić information content (AvgIpc) is 3.09. The number of carboxylic acid groups (broad SMARTS) is 1. The summed E-state index contributed by atoms with van der Waals surface area (Å²) in [6, 6.07) is 11.6. The molecule has 2 aliphatic heterocycles. The molecule has 2 saturated heterocycles. The molecule has 2 fully saturated rings. The molecule has 1 amide bonds. The zero-order chi connectivity index (χ0) is 19.0. The van der Waals surface area contributed by atoms with Crippen LogP contribution in [0, 0.1) is 18.3 Å². The van der Waals surface area contributed by atoms with Gasteiger partial charge in [0.05, 0.1) is 23.3 Å². The summed E-state index contributed by atoms with van der Waals surface area (Å²) in [5.41, 5.74) is 2.06. The van der Waals surface area contributed by atoms with E-state index < -0.39 is 11.4 Å². The van der Waals surface area contributed by atoms with Crippen molar-refractivity contribution in [3.8, 4) is 11.1 Å². The van der Waals surface area contributed by atoms with Crippen LogP contribution < -0.4 is 0 Å². The van der Waals surface area contributed by atoms with Crippen LogP contribution in [-0.2, 0) is 9.53 Å². The Kier molecular flexibility index (Phi) is 4.44. The molecular formula is C21H22N2O4. The van der Waals surface area contributed by atoms with E-state index in [0.717, 1.165) is 11.1 Å². The van der Waals surface area contributed by atoms with Gasteiger partial charge in [-0.05, 0) is 30.5 Å². The smallest absolute Gasteiger partial charge is 0.311 e. The maximum absolute atomic E-state index is 13.4. The first kappa shape index (κ1) is 17.7. The third-order valence-corrected chi connectivity index (χ3v) is 5.86. The van der Waals surface area contributed by atoms with Gasteiger partial charge in [-0.15, -0.1) is 0 Å². The maximum atomic E-state index is 13.4. The fraction of sp³-hybridized carbons (Fsp3) is 0.381. The van der Waals surface area contributed by atoms with E-state index in [9.17, 15) is 14.7 Å². The van der Waals surface area contributed by atoms with E-state index in [2.05, 4.69) is 4.98 Å². The fourth-order valence-corrected chi connectivity index (χ4v) is 4.31. The largest absolute Gasteiger partial charge is 0.481 e. The van der Waals surface area contributed by atoms with E-state index in [1.165, 1.54) is 0 Å². The Hall–Kier alpha value is -2.73. The molecule has 3 heterocycles. The van der Waals surface area contributed by atoms with Gasteiger partial charge < -0.3 is 14.7 Å². The zero-order valence-electron chi connectivity index (χ0n) is 15.2. The van der Waals surface area contributed by atoms with Crippen LogP contribution >= 0.6 is 0 Å². The first-order valence-electron chi connectivity index (χ1n) is 9.14. The van der Waals surface area contributed by atoms with Crippen LogP contribution in [-0.4, -0.2) is 53.2 Å². The van der Waals surface area contributed by atoms with Crippen molar-refractivity contribution in [3.63, 3.8) is 0 Å². The van der Waals surface area contributed by atoms with Gasteiger partial charge in [-0.1, -0.05) is 30.3 Å². The van der Waals surface area contributed by atoms with E-state index in [4.69, 9.17) is 4.74 Å². The van der Waals surface area contributed by atoms with E-state index in [1.807, 2.05) is 43.3 Å². The molecule has 1 aromatic heterocycles. The number of hydrogen-bond donors (Lipinski definition) is 1. The van der Waals surface area contributed by atoms with Crippen molar-refractivity contribution in [1.82, 2.24) is 9.88 Å². The second kappa shape index (κ2) is 6.78. The monoisotopic (exact) mass is 366 g/mol. The van der Waals surface area contributed by atoms with E-state index in [1.54, 1.807) is 11.1 Å². The number of carbonyl (C=O) groups excluding carboxylic acids is 1. The van der Waals surface area contributed by atoms with Gasteiger partial charge in [0.2, 0.25) is 0 Å². The molecule has 140 valence electrons. The highest BCUT2D eigenvalue weighted by Gasteiger charge is 2.55. The number of carboxylic acids is 1. The van der Waals surface area contributed by atoms with Crippen molar-refractivity contribution in [2.24, 2.45) is 11.3 Å². The standard InChI is InChI=1S/C21H22N2O4/c1-14-18(17(7-9-22-14)15-5-3-2-4-6-15)19(24)23-11-16-12-27-10-8-21(16,13-23)20(25)26/h2-7,9,16H,8,10-13H2,1H3,(H,25,26)/t16-,21+/m1/s1. The molecule has 1 N–H and O–H groups in total. The van der Waals surface area contributed by atoms with Crippen LogP contribution in [0.3, 0.4) is 0 Å². The van der Waals surface area contributed by atoms with Crippen molar-refractivity contribution in [2.75, 3.05) is 26.3 Å². The Morgan fingerprint density at radius 1 is 1.26 bits per heavy atom. The zero-order valence-corrected chi connectivity index (χ0v) is 15.2. The minimum Gasteiger partial charge on any atom is -0.481 e. The molecule has 0 spiro atoms. The Morgan fingerprint density at radius 3 is 2.74 bits per heavy atom. The molecule has 0 unspecified atom stereocenters. The molecular weight excluding hydrogens is 344 g/mol. The quantitative estimate of drug-likeness (QED) is 0.903. The minimum absolute atomic E-state index is 0.158. The van der Waals surface area contributed by atoms with E-state index in [-0.39, 0.29) is 18.4 Å². The fourth-order valence-electron chi connectivity index (χ4n) is 4.31. The van der Waals surface area contributed by atoms with Crippen LogP contribution in [0.5, 0.6) is 0 Å². The molecule has 0 aliphatic carbocycles. The molecule has 2 aromatic rings. The first-order chi connectivity index (χ1) is 13.0. The predicted molar refractivity (Wildman–Crippen MR) is 99.3 cm³/mol. The van der Waals surface area contributed by atoms with Crippen molar-refractivity contribution >= 4 is 11.9 Å². The lowest BCUT2D eigenvalue weighted by atomic mass is 9.74. The molecule has 27 heavy (non-hydrogen) atoms. The summed E-state index contributed by atoms with van der Waals surface area (Å²) in [5.74, 6) is -1.17. The summed E-state index contributed by atoms with van der Waals surface area (Å²) < 4.78 is 5.50. The number of amides is 1. The lowest BCUT2D eigenvalue weighted by Gasteiger charge is -2.33. The van der Waals surface area contributed by atoms with Gasteiger partial charge in [0.15, 0.2) is 0 Å². The molecule has 6 nitrogen and oxygen atoms in total. The summed E-state index contributed by atoms with van der Waals surface area (Å²) in [4.78, 5) is 31.4. The van der Waals surface area contributed by atoms with Crippen molar-refractivity contribution < 1.29 is 19.4 Å². The van der Waals surface area contributed by atoms with Crippen molar-refractivity contribution in [2.45, 2.75) is 13.3 Å². The molecule has 2 aliphatic rings. The van der Waals surface area contributed by atoms with Gasteiger partial charge >= 0.3 is 5.97 Å². The number of aromatic nitrogens is 1. The Bertz CT molecular complexity index is 883. The number of benzene rings is 1. The predicted octanol–water partition coefficient (Wildman–Crippen LogP) is 2.62. The SMILES string of the molecule is Cc1nccc(-c2ccccc2)c1C(=O)N1C[C@@H]2COCC[C@]2(C(=O)O)C1. The molecule has 0 saturated carbocycles. The third-order valence-electron chi connectivity index (χ3n) is 5.86. The lowest BCUT2D eigenvalue weighted by Crippen LogP contribution is -2.45. The highest BCUT2D eigenvalue weighted by molar-refractivity contribution is 6.02. The Balaban J connectivity index is 1.71. The molecule has 1 aromatic carbocycles. The van der Waals surface area contributed by atoms with Crippen LogP contribution in [0.2, 0.25) is 0 Å². The molecule has 0 bridgehead atoms. The van der Waals surface area contributed by atoms with Gasteiger partial charge in [0, 0.05) is 31.8 Å². The topological polar surface area (TPSA) is 79.7 Å². The van der Waals surface area contributed by atoms with Crippen LogP contribution in [0.1, 0.15) is 22.5 Å². The average molecular weight is 366 g/mol. The lowest BCUT2D eigenvalue weighted by molar-refractivity contribution is -0.157. The normalized spacial score (nSPS) is 24.5. The van der Waals surface area contributed by atoms with Crippen molar-refractivity contribution in [3.05, 3.63) is 53.9 Å². The van der Waals surface area contributed by atoms with Crippen LogP contribution in [0.25, 0.3) is 11.1 Å². The number of fused-ring (bicyclic) bond motifs is 1. The van der Waals surface area contributed by atoms with Crippen LogP contribution in [0.15, 0.2) is 42.6 Å². The van der Waals surface area contributed by atoms with Crippen LogP contribution in [0.4, 0.5) is 0 Å². The van der Waals surface area contributed by atoms with Gasteiger partial charge in [-0.2, -0.15) is 0 Å². The van der Waals surface area contributed by atoms with Crippen molar-refractivity contribution in [1.29, 1.82) is 0 Å². The number of likely N-dealkylation sites (tertiary alicyclic amines) is 1. The first-order valence-corrected chi connectivity index (χ1v) is 9.14. The highest BCUT2D eigenvalue weighted by atomic mass is 16.5. The van der Waals surface area contributed by atoms with Gasteiger partial charge in [0.1, 0.15) is 0 Å². The molecule has 0 radical (unpaired) electrons. The maximum Gasteiger partial charge on any atom is 0.311 e. The number of rotatable bonds is 3. The van der Waals surface area contributed by atoms with E-state index in [0.29, 0.717) is 37.4 Å². The minimum atomic E-state index is -0.906. The number of aryl methyl sites for hydroxylation is 1. The number of aliphatic carboxylic acids is 1. The number of pyridine rings is 1. The Labute approximate surface area is 157 Å². The molecule has 4 rings (SSSR count). The van der Waals surface area contributed by atoms with Gasteiger partial charge in [-0.25, -0.2) is 0 Å². The van der Waals surface area contributed by atoms with Gasteiger partial charge in [-0.3, -0.25) is 14.6 Å². The summed E-state index contributed by atoms with van der Waals surface area (Å²) in [6.07, 6.45) is 2.14. The summed E-state index contributed by atoms with van der Waals surface area (Å²) in [7, 11) is 0.